The van der Waals surface area contributed by atoms with E-state index in [0.717, 1.165) is 13.1 Å². The van der Waals surface area contributed by atoms with E-state index in [1.807, 2.05) is 0 Å². The van der Waals surface area contributed by atoms with E-state index in [2.05, 4.69) is 18.7 Å². The van der Waals surface area contributed by atoms with Gasteiger partial charge in [-0.25, -0.2) is 4.39 Å². The maximum atomic E-state index is 13.2. The molecule has 21 heavy (non-hydrogen) atoms. The lowest BCUT2D eigenvalue weighted by atomic mass is 10.1. The summed E-state index contributed by atoms with van der Waals surface area (Å²) < 4.78 is 13.2. The van der Waals surface area contributed by atoms with Gasteiger partial charge in [0.25, 0.3) is 0 Å². The van der Waals surface area contributed by atoms with Gasteiger partial charge in [-0.1, -0.05) is 38.8 Å². The smallest absolute Gasteiger partial charge is 0.164 e. The molecule has 1 saturated carbocycles. The fourth-order valence-electron chi connectivity index (χ4n) is 3.21. The molecular weight excluding hydrogens is 265 g/mol. The van der Waals surface area contributed by atoms with Gasteiger partial charge in [0.1, 0.15) is 5.82 Å². The van der Waals surface area contributed by atoms with Gasteiger partial charge in [0.2, 0.25) is 0 Å². The summed E-state index contributed by atoms with van der Waals surface area (Å²) in [5, 5.41) is 0. The minimum absolute atomic E-state index is 0.0428. The number of carbonyl (C=O) groups is 1. The van der Waals surface area contributed by atoms with Crippen LogP contribution >= 0.6 is 0 Å². The van der Waals surface area contributed by atoms with Crippen LogP contribution in [0.2, 0.25) is 0 Å². The summed E-state index contributed by atoms with van der Waals surface area (Å²) in [5.74, 6) is 0.312. The van der Waals surface area contributed by atoms with E-state index in [-0.39, 0.29) is 11.6 Å². The minimum atomic E-state index is -0.337. The van der Waals surface area contributed by atoms with Gasteiger partial charge < -0.3 is 0 Å². The van der Waals surface area contributed by atoms with Gasteiger partial charge >= 0.3 is 0 Å². The molecule has 0 heterocycles. The van der Waals surface area contributed by atoms with E-state index < -0.39 is 0 Å². The fraction of sp³-hybridized carbons (Fsp3) is 0.611. The van der Waals surface area contributed by atoms with E-state index >= 15 is 0 Å². The van der Waals surface area contributed by atoms with Crippen LogP contribution in [0.25, 0.3) is 0 Å². The van der Waals surface area contributed by atoms with Crippen LogP contribution in [0.1, 0.15) is 56.3 Å². The molecule has 0 radical (unpaired) electrons. The molecule has 0 aliphatic heterocycles. The lowest BCUT2D eigenvalue weighted by Gasteiger charge is -2.30. The number of rotatable bonds is 7. The summed E-state index contributed by atoms with van der Waals surface area (Å²) >= 11 is 0. The lowest BCUT2D eigenvalue weighted by molar-refractivity contribution is 0.0942. The molecule has 1 fully saturated rings. The van der Waals surface area contributed by atoms with Gasteiger partial charge in [0.15, 0.2) is 5.78 Å². The first kappa shape index (κ1) is 16.2. The third kappa shape index (κ3) is 4.92. The summed E-state index contributed by atoms with van der Waals surface area (Å²) in [6.07, 6.45) is 5.59. The molecule has 0 aromatic heterocycles. The third-order valence-electron chi connectivity index (χ3n) is 4.21. The van der Waals surface area contributed by atoms with Crippen molar-refractivity contribution >= 4 is 5.78 Å². The van der Waals surface area contributed by atoms with E-state index in [1.54, 1.807) is 12.1 Å². The van der Waals surface area contributed by atoms with Crippen molar-refractivity contribution in [3.8, 4) is 0 Å². The van der Waals surface area contributed by atoms with Crippen LogP contribution in [-0.2, 0) is 0 Å². The Labute approximate surface area is 127 Å². The van der Waals surface area contributed by atoms with Crippen LogP contribution in [0.4, 0.5) is 4.39 Å². The van der Waals surface area contributed by atoms with Crippen molar-refractivity contribution in [1.82, 2.24) is 4.90 Å². The van der Waals surface area contributed by atoms with Crippen LogP contribution in [0, 0.1) is 11.7 Å². The second-order valence-corrected chi connectivity index (χ2v) is 6.51. The van der Waals surface area contributed by atoms with Gasteiger partial charge in [-0.2, -0.15) is 0 Å². The van der Waals surface area contributed by atoms with E-state index in [1.165, 1.54) is 37.8 Å². The SMILES string of the molecule is CC(C)CN(CCC(=O)c1cccc(F)c1)C1CCCC1. The first-order chi connectivity index (χ1) is 10.1. The summed E-state index contributed by atoms with van der Waals surface area (Å²) in [7, 11) is 0. The van der Waals surface area contributed by atoms with Crippen LogP contribution in [-0.4, -0.2) is 29.8 Å². The lowest BCUT2D eigenvalue weighted by Crippen LogP contribution is -2.37. The number of halogens is 1. The van der Waals surface area contributed by atoms with Crippen LogP contribution < -0.4 is 0 Å². The average molecular weight is 291 g/mol. The van der Waals surface area contributed by atoms with Crippen molar-refractivity contribution < 1.29 is 9.18 Å². The molecule has 0 atom stereocenters. The molecule has 2 rings (SSSR count). The second-order valence-electron chi connectivity index (χ2n) is 6.51. The third-order valence-corrected chi connectivity index (χ3v) is 4.21. The normalized spacial score (nSPS) is 16.0. The zero-order chi connectivity index (χ0) is 15.2. The molecule has 0 saturated heterocycles. The number of Topliss-reactive ketones (excluding diaryl/α,β-unsaturated/α-hetero) is 1. The summed E-state index contributed by atoms with van der Waals surface area (Å²) in [4.78, 5) is 14.7. The van der Waals surface area contributed by atoms with Gasteiger partial charge in [-0.15, -0.1) is 0 Å². The predicted octanol–water partition coefficient (Wildman–Crippen LogP) is 4.30. The molecule has 0 unspecified atom stereocenters. The molecule has 3 heteroatoms. The molecule has 0 N–H and O–H groups in total. The Morgan fingerprint density at radius 2 is 2.05 bits per heavy atom. The first-order valence-corrected chi connectivity index (χ1v) is 8.09. The van der Waals surface area contributed by atoms with Crippen LogP contribution in [0.15, 0.2) is 24.3 Å². The van der Waals surface area contributed by atoms with Crippen molar-refractivity contribution in [2.45, 2.75) is 52.0 Å². The molecule has 1 aliphatic rings. The molecule has 0 amide bonds. The Hall–Kier alpha value is -1.22. The topological polar surface area (TPSA) is 20.3 Å². The Morgan fingerprint density at radius 3 is 2.67 bits per heavy atom. The van der Waals surface area contributed by atoms with E-state index in [4.69, 9.17) is 0 Å². The number of hydrogen-bond acceptors (Lipinski definition) is 2. The zero-order valence-corrected chi connectivity index (χ0v) is 13.1. The highest BCUT2D eigenvalue weighted by Crippen LogP contribution is 2.24. The highest BCUT2D eigenvalue weighted by molar-refractivity contribution is 5.96. The molecule has 2 nitrogen and oxygen atoms in total. The maximum Gasteiger partial charge on any atom is 0.164 e. The molecule has 0 bridgehead atoms. The van der Waals surface area contributed by atoms with E-state index in [0.29, 0.717) is 23.9 Å². The van der Waals surface area contributed by atoms with Crippen molar-refractivity contribution in [3.63, 3.8) is 0 Å². The summed E-state index contributed by atoms with van der Waals surface area (Å²) in [6, 6.07) is 6.65. The van der Waals surface area contributed by atoms with E-state index in [9.17, 15) is 9.18 Å². The first-order valence-electron chi connectivity index (χ1n) is 8.09. The minimum Gasteiger partial charge on any atom is -0.300 e. The zero-order valence-electron chi connectivity index (χ0n) is 13.1. The van der Waals surface area contributed by atoms with Crippen molar-refractivity contribution in [2.75, 3.05) is 13.1 Å². The number of nitrogens with zero attached hydrogens (tertiary/aromatic N) is 1. The number of hydrogen-bond donors (Lipinski definition) is 0. The fourth-order valence-corrected chi connectivity index (χ4v) is 3.21. The highest BCUT2D eigenvalue weighted by atomic mass is 19.1. The Balaban J connectivity index is 1.92. The second kappa shape index (κ2) is 7.69. The van der Waals surface area contributed by atoms with Gasteiger partial charge in [0.05, 0.1) is 0 Å². The Morgan fingerprint density at radius 1 is 1.33 bits per heavy atom. The largest absolute Gasteiger partial charge is 0.300 e. The molecule has 1 aromatic carbocycles. The number of carbonyl (C=O) groups excluding carboxylic acids is 1. The average Bonchev–Trinajstić information content (AvgIpc) is 2.96. The highest BCUT2D eigenvalue weighted by Gasteiger charge is 2.23. The quantitative estimate of drug-likeness (QED) is 0.698. The number of ketones is 1. The molecule has 116 valence electrons. The van der Waals surface area contributed by atoms with Gasteiger partial charge in [-0.3, -0.25) is 9.69 Å². The molecule has 1 aliphatic carbocycles. The summed E-state index contributed by atoms with van der Waals surface area (Å²) in [5.41, 5.74) is 0.492. The van der Waals surface area contributed by atoms with Crippen LogP contribution in [0.3, 0.4) is 0 Å². The van der Waals surface area contributed by atoms with Crippen molar-refractivity contribution in [3.05, 3.63) is 35.6 Å². The molecule has 0 spiro atoms. The Bertz CT molecular complexity index is 466. The molecule has 1 aromatic rings. The monoisotopic (exact) mass is 291 g/mol. The van der Waals surface area contributed by atoms with Crippen molar-refractivity contribution in [2.24, 2.45) is 5.92 Å². The van der Waals surface area contributed by atoms with Crippen molar-refractivity contribution in [1.29, 1.82) is 0 Å². The van der Waals surface area contributed by atoms with Crippen LogP contribution in [0.5, 0.6) is 0 Å². The molecular formula is C18H26FNO. The Kier molecular flexibility index (Phi) is 5.92. The van der Waals surface area contributed by atoms with Gasteiger partial charge in [0, 0.05) is 31.1 Å². The predicted molar refractivity (Wildman–Crippen MR) is 84.0 cm³/mol. The van der Waals surface area contributed by atoms with Gasteiger partial charge in [-0.05, 0) is 30.9 Å². The maximum absolute atomic E-state index is 13.2. The standard InChI is InChI=1S/C18H26FNO/c1-14(2)13-20(17-8-3-4-9-17)11-10-18(21)15-6-5-7-16(19)12-15/h5-7,12,14,17H,3-4,8-11,13H2,1-2H3. The number of benzene rings is 1. The summed E-state index contributed by atoms with van der Waals surface area (Å²) in [6.45, 7) is 6.27.